The van der Waals surface area contributed by atoms with Gasteiger partial charge in [-0.2, -0.15) is 0 Å². The minimum Gasteiger partial charge on any atom is -0.312 e. The molecular formula is C12H24N2O. The first-order valence-electron chi connectivity index (χ1n) is 6.00. The van der Waals surface area contributed by atoms with Crippen LogP contribution in [0.1, 0.15) is 52.9 Å². The van der Waals surface area contributed by atoms with E-state index in [1.54, 1.807) is 0 Å². The SMILES string of the molecule is CC1CCCC(C)N1.CCCCN=C=O. The number of hydrogen-bond donors (Lipinski definition) is 1. The summed E-state index contributed by atoms with van der Waals surface area (Å²) in [6.07, 6.45) is 7.70. The molecule has 3 nitrogen and oxygen atoms in total. The van der Waals surface area contributed by atoms with Gasteiger partial charge in [0.2, 0.25) is 6.08 Å². The van der Waals surface area contributed by atoms with Crippen molar-refractivity contribution >= 4 is 6.08 Å². The summed E-state index contributed by atoms with van der Waals surface area (Å²) in [6, 6.07) is 1.53. The summed E-state index contributed by atoms with van der Waals surface area (Å²) in [5.41, 5.74) is 0. The van der Waals surface area contributed by atoms with Crippen molar-refractivity contribution in [1.82, 2.24) is 5.32 Å². The summed E-state index contributed by atoms with van der Waals surface area (Å²) in [4.78, 5) is 12.7. The van der Waals surface area contributed by atoms with Crippen LogP contribution in [0.25, 0.3) is 0 Å². The van der Waals surface area contributed by atoms with Crippen LogP contribution in [0.5, 0.6) is 0 Å². The predicted octanol–water partition coefficient (Wildman–Crippen LogP) is 2.66. The second-order valence-electron chi connectivity index (χ2n) is 4.23. The fraction of sp³-hybridized carbons (Fsp3) is 0.917. The van der Waals surface area contributed by atoms with Gasteiger partial charge in [-0.05, 0) is 33.1 Å². The van der Waals surface area contributed by atoms with Gasteiger partial charge in [0.05, 0.1) is 6.54 Å². The van der Waals surface area contributed by atoms with E-state index in [9.17, 15) is 4.79 Å². The fourth-order valence-electron chi connectivity index (χ4n) is 1.67. The summed E-state index contributed by atoms with van der Waals surface area (Å²) in [7, 11) is 0. The van der Waals surface area contributed by atoms with E-state index >= 15 is 0 Å². The van der Waals surface area contributed by atoms with Gasteiger partial charge in [-0.25, -0.2) is 9.79 Å². The van der Waals surface area contributed by atoms with Gasteiger partial charge in [-0.1, -0.05) is 19.8 Å². The Kier molecular flexibility index (Phi) is 9.44. The lowest BCUT2D eigenvalue weighted by Crippen LogP contribution is -2.38. The third-order valence-electron chi connectivity index (χ3n) is 2.53. The largest absolute Gasteiger partial charge is 0.312 e. The van der Waals surface area contributed by atoms with Gasteiger partial charge in [0, 0.05) is 12.1 Å². The van der Waals surface area contributed by atoms with Crippen molar-refractivity contribution in [2.45, 2.75) is 65.0 Å². The fourth-order valence-corrected chi connectivity index (χ4v) is 1.67. The van der Waals surface area contributed by atoms with Crippen molar-refractivity contribution in [3.05, 3.63) is 0 Å². The third kappa shape index (κ3) is 9.64. The van der Waals surface area contributed by atoms with Crippen LogP contribution in [-0.4, -0.2) is 24.7 Å². The van der Waals surface area contributed by atoms with Crippen molar-refractivity contribution in [3.8, 4) is 0 Å². The Labute approximate surface area is 93.4 Å². The smallest absolute Gasteiger partial charge is 0.234 e. The number of isocyanates is 1. The first kappa shape index (κ1) is 14.3. The monoisotopic (exact) mass is 212 g/mol. The molecule has 2 unspecified atom stereocenters. The van der Waals surface area contributed by atoms with E-state index in [0.29, 0.717) is 6.54 Å². The number of carbonyl (C=O) groups excluding carboxylic acids is 1. The van der Waals surface area contributed by atoms with Gasteiger partial charge < -0.3 is 5.32 Å². The number of unbranched alkanes of at least 4 members (excludes halogenated alkanes) is 1. The molecule has 3 heteroatoms. The molecule has 0 aromatic heterocycles. The zero-order chi connectivity index (χ0) is 11.5. The number of hydrogen-bond acceptors (Lipinski definition) is 3. The molecule has 1 rings (SSSR count). The summed E-state index contributed by atoms with van der Waals surface area (Å²) in [5.74, 6) is 0. The number of rotatable bonds is 3. The van der Waals surface area contributed by atoms with E-state index in [0.717, 1.165) is 24.9 Å². The zero-order valence-electron chi connectivity index (χ0n) is 10.3. The Hall–Kier alpha value is -0.660. The summed E-state index contributed by atoms with van der Waals surface area (Å²) in [6.45, 7) is 7.21. The van der Waals surface area contributed by atoms with Crippen molar-refractivity contribution in [3.63, 3.8) is 0 Å². The first-order valence-corrected chi connectivity index (χ1v) is 6.00. The lowest BCUT2D eigenvalue weighted by molar-refractivity contribution is 0.352. The lowest BCUT2D eigenvalue weighted by Gasteiger charge is -2.25. The van der Waals surface area contributed by atoms with Gasteiger partial charge in [0.15, 0.2) is 0 Å². The van der Waals surface area contributed by atoms with E-state index < -0.39 is 0 Å². The highest BCUT2D eigenvalue weighted by Gasteiger charge is 2.11. The molecule has 2 atom stereocenters. The molecule has 1 aliphatic rings. The molecule has 1 aliphatic heterocycles. The molecule has 0 aliphatic carbocycles. The summed E-state index contributed by atoms with van der Waals surface area (Å²) in [5, 5.41) is 3.48. The quantitative estimate of drug-likeness (QED) is 0.444. The van der Waals surface area contributed by atoms with Crippen LogP contribution < -0.4 is 5.32 Å². The molecule has 0 aromatic carbocycles. The number of nitrogens with zero attached hydrogens (tertiary/aromatic N) is 1. The Morgan fingerprint density at radius 1 is 1.33 bits per heavy atom. The van der Waals surface area contributed by atoms with Gasteiger partial charge >= 0.3 is 0 Å². The highest BCUT2D eigenvalue weighted by molar-refractivity contribution is 5.32. The van der Waals surface area contributed by atoms with E-state index in [4.69, 9.17) is 0 Å². The van der Waals surface area contributed by atoms with Gasteiger partial charge in [-0.15, -0.1) is 0 Å². The summed E-state index contributed by atoms with van der Waals surface area (Å²) >= 11 is 0. The maximum Gasteiger partial charge on any atom is 0.234 e. The molecule has 15 heavy (non-hydrogen) atoms. The molecule has 0 saturated carbocycles. The molecule has 1 heterocycles. The van der Waals surface area contributed by atoms with E-state index in [1.807, 2.05) is 0 Å². The van der Waals surface area contributed by atoms with Crippen molar-refractivity contribution in [1.29, 1.82) is 0 Å². The Morgan fingerprint density at radius 3 is 2.27 bits per heavy atom. The maximum absolute atomic E-state index is 9.39. The molecule has 0 aromatic rings. The number of nitrogens with one attached hydrogen (secondary N) is 1. The van der Waals surface area contributed by atoms with Crippen LogP contribution in [0, 0.1) is 0 Å². The first-order chi connectivity index (χ1) is 7.20. The Balaban J connectivity index is 0.000000265. The minimum absolute atomic E-state index is 0.639. The molecule has 88 valence electrons. The van der Waals surface area contributed by atoms with E-state index in [1.165, 1.54) is 25.3 Å². The second-order valence-corrected chi connectivity index (χ2v) is 4.23. The van der Waals surface area contributed by atoms with Crippen LogP contribution in [0.3, 0.4) is 0 Å². The van der Waals surface area contributed by atoms with Crippen molar-refractivity contribution in [2.75, 3.05) is 6.54 Å². The van der Waals surface area contributed by atoms with Crippen LogP contribution in [-0.2, 0) is 4.79 Å². The highest BCUT2D eigenvalue weighted by Crippen LogP contribution is 2.10. The average molecular weight is 212 g/mol. The van der Waals surface area contributed by atoms with Crippen LogP contribution in [0.4, 0.5) is 0 Å². The molecule has 0 radical (unpaired) electrons. The maximum atomic E-state index is 9.39. The molecule has 1 N–H and O–H groups in total. The van der Waals surface area contributed by atoms with Crippen LogP contribution in [0.2, 0.25) is 0 Å². The third-order valence-corrected chi connectivity index (χ3v) is 2.53. The van der Waals surface area contributed by atoms with Crippen molar-refractivity contribution in [2.24, 2.45) is 4.99 Å². The molecule has 1 fully saturated rings. The molecular weight excluding hydrogens is 188 g/mol. The lowest BCUT2D eigenvalue weighted by atomic mass is 10.0. The Bertz CT molecular complexity index is 180. The molecule has 0 bridgehead atoms. The molecule has 1 saturated heterocycles. The molecule has 0 spiro atoms. The van der Waals surface area contributed by atoms with E-state index in [-0.39, 0.29) is 0 Å². The average Bonchev–Trinajstić information content (AvgIpc) is 2.19. The standard InChI is InChI=1S/C7H15N.C5H9NO/c1-6-4-3-5-7(2)8-6;1-2-3-4-6-5-7/h6-8H,3-5H2,1-2H3;2-4H2,1H3. The normalized spacial score (nSPS) is 24.7. The Morgan fingerprint density at radius 2 is 1.93 bits per heavy atom. The predicted molar refractivity (Wildman–Crippen MR) is 63.8 cm³/mol. The van der Waals surface area contributed by atoms with Gasteiger partial charge in [0.25, 0.3) is 0 Å². The van der Waals surface area contributed by atoms with Crippen molar-refractivity contribution < 1.29 is 4.79 Å². The minimum atomic E-state index is 0.639. The zero-order valence-corrected chi connectivity index (χ0v) is 10.3. The van der Waals surface area contributed by atoms with Crippen LogP contribution >= 0.6 is 0 Å². The number of piperidine rings is 1. The molecule has 0 amide bonds. The highest BCUT2D eigenvalue weighted by atomic mass is 16.1. The summed E-state index contributed by atoms with van der Waals surface area (Å²) < 4.78 is 0. The number of aliphatic imine (C=N–C) groups is 1. The van der Waals surface area contributed by atoms with Gasteiger partial charge in [-0.3, -0.25) is 0 Å². The second kappa shape index (κ2) is 9.88. The van der Waals surface area contributed by atoms with E-state index in [2.05, 4.69) is 31.1 Å². The van der Waals surface area contributed by atoms with Gasteiger partial charge in [0.1, 0.15) is 0 Å². The topological polar surface area (TPSA) is 41.5 Å². The van der Waals surface area contributed by atoms with Crippen LogP contribution in [0.15, 0.2) is 4.99 Å².